The topological polar surface area (TPSA) is 12.4 Å². The average molecular weight is 229 g/mol. The minimum Gasteiger partial charge on any atom is -0.260 e. The summed E-state index contributed by atoms with van der Waals surface area (Å²) in [5.74, 6) is 0. The number of alkyl halides is 2. The summed E-state index contributed by atoms with van der Waals surface area (Å²) in [5, 5.41) is 0. The zero-order valence-electron chi connectivity index (χ0n) is 4.94. The first kappa shape index (κ1) is 8.33. The SMILES string of the molecule is CC(F)N=C[C@H](C)I. The van der Waals surface area contributed by atoms with Gasteiger partial charge < -0.3 is 0 Å². The lowest BCUT2D eigenvalue weighted by Crippen LogP contribution is -1.94. The van der Waals surface area contributed by atoms with Gasteiger partial charge in [0.05, 0.1) is 0 Å². The molecule has 0 heterocycles. The van der Waals surface area contributed by atoms with E-state index in [-0.39, 0.29) is 0 Å². The number of nitrogens with zero attached hydrogens (tertiary/aromatic N) is 1. The largest absolute Gasteiger partial charge is 0.260 e. The Balaban J connectivity index is 3.34. The maximum Gasteiger partial charge on any atom is 0.186 e. The van der Waals surface area contributed by atoms with Gasteiger partial charge >= 0.3 is 0 Å². The quantitative estimate of drug-likeness (QED) is 0.298. The van der Waals surface area contributed by atoms with Crippen LogP contribution in [0.2, 0.25) is 0 Å². The monoisotopic (exact) mass is 229 g/mol. The zero-order chi connectivity index (χ0) is 6.57. The Labute approximate surface area is 62.5 Å². The molecule has 0 rings (SSSR count). The number of hydrogen-bond donors (Lipinski definition) is 0. The van der Waals surface area contributed by atoms with Gasteiger partial charge in [0.25, 0.3) is 0 Å². The van der Waals surface area contributed by atoms with Crippen LogP contribution in [0.4, 0.5) is 4.39 Å². The molecule has 0 spiro atoms. The van der Waals surface area contributed by atoms with Crippen molar-refractivity contribution in [3.63, 3.8) is 0 Å². The van der Waals surface area contributed by atoms with Crippen LogP contribution in [0.25, 0.3) is 0 Å². The van der Waals surface area contributed by atoms with Crippen LogP contribution in [0.5, 0.6) is 0 Å². The molecule has 0 bridgehead atoms. The minimum atomic E-state index is -1.05. The van der Waals surface area contributed by atoms with Crippen LogP contribution in [-0.4, -0.2) is 16.4 Å². The molecular weight excluding hydrogens is 220 g/mol. The van der Waals surface area contributed by atoms with Gasteiger partial charge in [-0.05, 0) is 13.8 Å². The van der Waals surface area contributed by atoms with Crippen molar-refractivity contribution in [2.75, 3.05) is 0 Å². The molecule has 0 aliphatic carbocycles. The summed E-state index contributed by atoms with van der Waals surface area (Å²) in [4.78, 5) is 3.52. The second-order valence-corrected chi connectivity index (χ2v) is 3.51. The van der Waals surface area contributed by atoms with E-state index >= 15 is 0 Å². The normalized spacial score (nSPS) is 19.0. The van der Waals surface area contributed by atoms with E-state index in [0.29, 0.717) is 3.92 Å². The van der Waals surface area contributed by atoms with E-state index in [2.05, 4.69) is 27.6 Å². The van der Waals surface area contributed by atoms with Gasteiger partial charge in [-0.1, -0.05) is 22.6 Å². The predicted octanol–water partition coefficient (Wildman–Crippen LogP) is 2.20. The maximum absolute atomic E-state index is 11.9. The lowest BCUT2D eigenvalue weighted by molar-refractivity contribution is 0.377. The van der Waals surface area contributed by atoms with Gasteiger partial charge in [0, 0.05) is 10.1 Å². The Morgan fingerprint density at radius 2 is 2.12 bits per heavy atom. The summed E-state index contributed by atoms with van der Waals surface area (Å²) in [6.07, 6.45) is 0.554. The smallest absolute Gasteiger partial charge is 0.186 e. The van der Waals surface area contributed by atoms with Crippen molar-refractivity contribution >= 4 is 28.8 Å². The van der Waals surface area contributed by atoms with Gasteiger partial charge in [-0.25, -0.2) is 4.39 Å². The van der Waals surface area contributed by atoms with Gasteiger partial charge in [0.1, 0.15) is 0 Å². The molecule has 8 heavy (non-hydrogen) atoms. The van der Waals surface area contributed by atoms with Gasteiger partial charge in [0.15, 0.2) is 6.30 Å². The maximum atomic E-state index is 11.9. The molecule has 0 saturated heterocycles. The fourth-order valence-electron chi connectivity index (χ4n) is 0.237. The molecule has 2 atom stereocenters. The van der Waals surface area contributed by atoms with Crippen molar-refractivity contribution in [1.82, 2.24) is 0 Å². The molecule has 0 aromatic carbocycles. The fourth-order valence-corrected chi connectivity index (χ4v) is 0.423. The van der Waals surface area contributed by atoms with Crippen LogP contribution < -0.4 is 0 Å². The third-order valence-corrected chi connectivity index (χ3v) is 0.819. The first-order valence-electron chi connectivity index (χ1n) is 2.44. The van der Waals surface area contributed by atoms with E-state index in [9.17, 15) is 4.39 Å². The van der Waals surface area contributed by atoms with Crippen molar-refractivity contribution in [2.24, 2.45) is 4.99 Å². The first-order valence-corrected chi connectivity index (χ1v) is 3.69. The van der Waals surface area contributed by atoms with Gasteiger partial charge in [-0.3, -0.25) is 4.99 Å². The standard InChI is InChI=1S/C5H9FIN/c1-4(7)3-8-5(2)6/h3-5H,1-2H3/t4-,5?/m0/s1. The summed E-state index contributed by atoms with van der Waals surface area (Å²) in [6.45, 7) is 3.36. The van der Waals surface area contributed by atoms with E-state index in [1.54, 1.807) is 6.21 Å². The minimum absolute atomic E-state index is 0.325. The average Bonchev–Trinajstić information content (AvgIpc) is 1.61. The van der Waals surface area contributed by atoms with Crippen LogP contribution >= 0.6 is 22.6 Å². The van der Waals surface area contributed by atoms with Crippen LogP contribution in [-0.2, 0) is 0 Å². The fraction of sp³-hybridized carbons (Fsp3) is 0.800. The van der Waals surface area contributed by atoms with Gasteiger partial charge in [0.2, 0.25) is 0 Å². The highest BCUT2D eigenvalue weighted by Gasteiger charge is 1.90. The lowest BCUT2D eigenvalue weighted by atomic mass is 10.5. The highest BCUT2D eigenvalue weighted by atomic mass is 127. The number of rotatable bonds is 2. The molecule has 0 aromatic heterocycles. The summed E-state index contributed by atoms with van der Waals surface area (Å²) in [7, 11) is 0. The molecule has 3 heteroatoms. The lowest BCUT2D eigenvalue weighted by Gasteiger charge is -1.91. The Hall–Kier alpha value is 0.330. The molecule has 0 amide bonds. The van der Waals surface area contributed by atoms with Crippen LogP contribution in [0.15, 0.2) is 4.99 Å². The summed E-state index contributed by atoms with van der Waals surface area (Å²) < 4.78 is 12.2. The van der Waals surface area contributed by atoms with E-state index in [0.717, 1.165) is 0 Å². The van der Waals surface area contributed by atoms with Crippen LogP contribution in [0, 0.1) is 0 Å². The number of hydrogen-bond acceptors (Lipinski definition) is 1. The molecule has 1 nitrogen and oxygen atoms in total. The Kier molecular flexibility index (Phi) is 4.41. The molecule has 0 radical (unpaired) electrons. The highest BCUT2D eigenvalue weighted by molar-refractivity contribution is 14.1. The van der Waals surface area contributed by atoms with E-state index in [4.69, 9.17) is 0 Å². The Morgan fingerprint density at radius 1 is 1.62 bits per heavy atom. The highest BCUT2D eigenvalue weighted by Crippen LogP contribution is 1.95. The Bertz CT molecular complexity index is 70.5. The molecule has 48 valence electrons. The van der Waals surface area contributed by atoms with Crippen molar-refractivity contribution < 1.29 is 4.39 Å². The zero-order valence-corrected chi connectivity index (χ0v) is 7.09. The van der Waals surface area contributed by atoms with E-state index in [1.165, 1.54) is 6.92 Å². The second kappa shape index (κ2) is 4.23. The van der Waals surface area contributed by atoms with Gasteiger partial charge in [-0.15, -0.1) is 0 Å². The van der Waals surface area contributed by atoms with E-state index < -0.39 is 6.30 Å². The Morgan fingerprint density at radius 3 is 2.25 bits per heavy atom. The molecule has 0 aliphatic rings. The predicted molar refractivity (Wildman–Crippen MR) is 42.5 cm³/mol. The van der Waals surface area contributed by atoms with E-state index in [1.807, 2.05) is 6.92 Å². The number of aliphatic imine (C=N–C) groups is 1. The van der Waals surface area contributed by atoms with Gasteiger partial charge in [-0.2, -0.15) is 0 Å². The molecule has 0 N–H and O–H groups in total. The van der Waals surface area contributed by atoms with Crippen LogP contribution in [0.1, 0.15) is 13.8 Å². The molecule has 0 aliphatic heterocycles. The molecule has 0 aromatic rings. The second-order valence-electron chi connectivity index (χ2n) is 1.55. The summed E-state index contributed by atoms with van der Waals surface area (Å²) in [6, 6.07) is 0. The molecule has 0 fully saturated rings. The van der Waals surface area contributed by atoms with Crippen molar-refractivity contribution in [3.8, 4) is 0 Å². The molecular formula is C5H9FIN. The third-order valence-electron chi connectivity index (χ3n) is 0.497. The first-order chi connectivity index (χ1) is 3.63. The summed E-state index contributed by atoms with van der Waals surface area (Å²) in [5.41, 5.74) is 0. The molecule has 0 saturated carbocycles. The van der Waals surface area contributed by atoms with Crippen molar-refractivity contribution in [3.05, 3.63) is 0 Å². The van der Waals surface area contributed by atoms with Crippen LogP contribution in [0.3, 0.4) is 0 Å². The third kappa shape index (κ3) is 6.33. The van der Waals surface area contributed by atoms with Crippen molar-refractivity contribution in [2.45, 2.75) is 24.1 Å². The van der Waals surface area contributed by atoms with Crippen molar-refractivity contribution in [1.29, 1.82) is 0 Å². The number of halogens is 2. The summed E-state index contributed by atoms with van der Waals surface area (Å²) >= 11 is 2.16. The molecule has 1 unspecified atom stereocenters.